The molecule has 0 bridgehead atoms. The Hall–Kier alpha value is -1.75. The second kappa shape index (κ2) is 20.2. The van der Waals surface area contributed by atoms with Crippen LogP contribution >= 0.6 is 0 Å². The average Bonchev–Trinajstić information content (AvgIpc) is 2.90. The van der Waals surface area contributed by atoms with Gasteiger partial charge in [0.2, 0.25) is 0 Å². The second-order valence-electron chi connectivity index (χ2n) is 9.92. The van der Waals surface area contributed by atoms with Gasteiger partial charge in [0, 0.05) is 88.4 Å². The Morgan fingerprint density at radius 3 is 0.905 bits per heavy atom. The van der Waals surface area contributed by atoms with Crippen LogP contribution in [0.5, 0.6) is 23.0 Å². The van der Waals surface area contributed by atoms with E-state index in [1.54, 1.807) is 24.3 Å². The van der Waals surface area contributed by atoms with Gasteiger partial charge in [0.1, 0.15) is 19.3 Å². The van der Waals surface area contributed by atoms with Gasteiger partial charge in [-0.2, -0.15) is 72.8 Å². The number of aliphatic hydroxyl groups excluding tert-OH is 1. The van der Waals surface area contributed by atoms with Gasteiger partial charge in [-0.25, -0.2) is 0 Å². The Kier molecular flexibility index (Phi) is 19.4. The Balaban J connectivity index is 0.000000695. The van der Waals surface area contributed by atoms with Crippen LogP contribution < -0.4 is 9.47 Å². The van der Waals surface area contributed by atoms with Crippen molar-refractivity contribution in [2.24, 2.45) is 0 Å². The number of phenols is 2. The van der Waals surface area contributed by atoms with E-state index in [1.807, 2.05) is 79.7 Å². The monoisotopic (exact) mass is 718 g/mol. The molecule has 42 heavy (non-hydrogen) atoms. The van der Waals surface area contributed by atoms with E-state index in [4.69, 9.17) is 9.47 Å². The van der Waals surface area contributed by atoms with Crippen molar-refractivity contribution in [1.29, 1.82) is 0 Å². The number of ether oxygens (including phenoxy) is 2. The normalized spacial score (nSPS) is 9.76. The summed E-state index contributed by atoms with van der Waals surface area (Å²) in [6.45, 7) is 15.7. The number of aryl methyl sites for hydroxylation is 8. The van der Waals surface area contributed by atoms with E-state index in [0.29, 0.717) is 11.5 Å². The summed E-state index contributed by atoms with van der Waals surface area (Å²) in [6, 6.07) is 26.5. The third kappa shape index (κ3) is 12.9. The minimum Gasteiger partial charge on any atom is -0.533 e. The van der Waals surface area contributed by atoms with Crippen LogP contribution in [0.2, 0.25) is 0 Å². The first-order valence-electron chi connectivity index (χ1n) is 13.1. The van der Waals surface area contributed by atoms with Gasteiger partial charge in [-0.05, 0) is 0 Å². The minimum absolute atomic E-state index is 0. The zero-order valence-electron chi connectivity index (χ0n) is 25.9. The first-order valence-corrected chi connectivity index (χ1v) is 13.1. The van der Waals surface area contributed by atoms with E-state index in [0.717, 1.165) is 56.0 Å². The summed E-state index contributed by atoms with van der Waals surface area (Å²) < 4.78 is 11.4. The molecule has 0 unspecified atom stereocenters. The molecule has 4 rings (SSSR count). The summed E-state index contributed by atoms with van der Waals surface area (Å²) in [6.07, 6.45) is -0.689. The summed E-state index contributed by atoms with van der Waals surface area (Å²) in [5.74, 6) is 2.38. The van der Waals surface area contributed by atoms with Crippen LogP contribution in [0, 0.1) is 79.7 Å². The molecule has 0 fully saturated rings. The molecule has 0 atom stereocenters. The topological polar surface area (TPSA) is 79.2 Å². The predicted molar refractivity (Wildman–Crippen MR) is 159 cm³/mol. The van der Waals surface area contributed by atoms with E-state index in [2.05, 4.69) is 24.3 Å². The van der Waals surface area contributed by atoms with Crippen molar-refractivity contribution in [3.63, 3.8) is 0 Å². The average molecular weight is 719 g/mol. The van der Waals surface area contributed by atoms with Crippen molar-refractivity contribution < 1.29 is 90.2 Å². The molecule has 0 aliphatic rings. The second-order valence-corrected chi connectivity index (χ2v) is 9.92. The summed E-state index contributed by atoms with van der Waals surface area (Å²) >= 11 is 0. The SMILES string of the molecule is Cc1c[c-]cc(C)c1O.Cc1c[c-]cc(C)c1O.Cc1c[c-]cc(C)c1OCC(O)COc1c(C)c[c-]cc1C.[Y].[Y]. The summed E-state index contributed by atoms with van der Waals surface area (Å²) in [4.78, 5) is 0. The minimum atomic E-state index is -0.689. The van der Waals surface area contributed by atoms with E-state index in [1.165, 1.54) is 0 Å². The molecule has 3 N–H and O–H groups in total. The van der Waals surface area contributed by atoms with Gasteiger partial charge in [0.15, 0.2) is 0 Å². The molecule has 0 aliphatic heterocycles. The first-order chi connectivity index (χ1) is 18.9. The van der Waals surface area contributed by atoms with Crippen LogP contribution in [0.15, 0.2) is 48.5 Å². The van der Waals surface area contributed by atoms with E-state index >= 15 is 0 Å². The van der Waals surface area contributed by atoms with Crippen LogP contribution in [-0.2, 0) is 65.4 Å². The molecule has 0 spiro atoms. The first kappa shape index (κ1) is 40.2. The number of rotatable bonds is 6. The van der Waals surface area contributed by atoms with Gasteiger partial charge in [0.25, 0.3) is 0 Å². The fraction of sp³-hybridized carbons (Fsp3) is 0.314. The Morgan fingerprint density at radius 2 is 0.690 bits per heavy atom. The molecule has 7 heteroatoms. The number of aromatic hydroxyl groups is 2. The van der Waals surface area contributed by atoms with E-state index in [-0.39, 0.29) is 78.6 Å². The van der Waals surface area contributed by atoms with Gasteiger partial charge in [0.05, 0.1) is 0 Å². The summed E-state index contributed by atoms with van der Waals surface area (Å²) in [7, 11) is 0. The molecule has 4 aromatic carbocycles. The number of hydrogen-bond donors (Lipinski definition) is 3. The zero-order valence-corrected chi connectivity index (χ0v) is 31.6. The smallest absolute Gasteiger partial charge is 0.122 e. The van der Waals surface area contributed by atoms with Crippen LogP contribution in [0.1, 0.15) is 44.5 Å². The molecule has 0 aromatic heterocycles. The number of aliphatic hydroxyl groups is 1. The molecule has 2 radical (unpaired) electrons. The molecular weight excluding hydrogens is 678 g/mol. The standard InChI is InChI=1S/C19H22O3.2C8H9O.2Y/c1-13-7-5-8-14(2)18(13)21-11-17(20)12-22-19-15(3)9-6-10-16(19)4;2*1-6-4-3-5-7(2)8(6)9;;/h7-10,17,20H,11-12H2,1-4H3;2*4-5,9H,1-2H3;;/q-2;2*-1;;. The molecule has 0 saturated heterocycles. The van der Waals surface area contributed by atoms with E-state index < -0.39 is 6.10 Å². The van der Waals surface area contributed by atoms with E-state index in [9.17, 15) is 15.3 Å². The van der Waals surface area contributed by atoms with Crippen LogP contribution in [0.4, 0.5) is 0 Å². The Morgan fingerprint density at radius 1 is 0.476 bits per heavy atom. The van der Waals surface area contributed by atoms with Crippen molar-refractivity contribution in [1.82, 2.24) is 0 Å². The Labute approximate surface area is 302 Å². The zero-order chi connectivity index (χ0) is 29.8. The van der Waals surface area contributed by atoms with Crippen molar-refractivity contribution >= 4 is 0 Å². The number of benzene rings is 4. The van der Waals surface area contributed by atoms with Gasteiger partial charge in [-0.3, -0.25) is 0 Å². The summed E-state index contributed by atoms with van der Waals surface area (Å²) in [5, 5.41) is 28.4. The maximum atomic E-state index is 10.1. The van der Waals surface area contributed by atoms with Gasteiger partial charge in [-0.15, -0.1) is 44.5 Å². The van der Waals surface area contributed by atoms with Crippen molar-refractivity contribution in [3.05, 3.63) is 117 Å². The quantitative estimate of drug-likeness (QED) is 0.188. The maximum absolute atomic E-state index is 10.1. The Bertz CT molecular complexity index is 1200. The van der Waals surface area contributed by atoms with Gasteiger partial charge < -0.3 is 24.8 Å². The van der Waals surface area contributed by atoms with Crippen LogP contribution in [0.25, 0.3) is 0 Å². The predicted octanol–water partition coefficient (Wildman–Crippen LogP) is 6.95. The van der Waals surface area contributed by atoms with Crippen LogP contribution in [-0.4, -0.2) is 34.6 Å². The molecule has 4 aromatic rings. The molecule has 0 saturated carbocycles. The molecule has 0 amide bonds. The molecule has 0 heterocycles. The maximum Gasteiger partial charge on any atom is 0.122 e. The van der Waals surface area contributed by atoms with Crippen molar-refractivity contribution in [2.75, 3.05) is 13.2 Å². The molecule has 220 valence electrons. The van der Waals surface area contributed by atoms with Crippen molar-refractivity contribution in [2.45, 2.75) is 61.5 Å². The fourth-order valence-corrected chi connectivity index (χ4v) is 3.81. The molecule has 5 nitrogen and oxygen atoms in total. The third-order valence-electron chi connectivity index (χ3n) is 6.17. The fourth-order valence-electron chi connectivity index (χ4n) is 3.81. The number of phenolic OH excluding ortho intramolecular Hbond substituents is 2. The van der Waals surface area contributed by atoms with Crippen molar-refractivity contribution in [3.8, 4) is 23.0 Å². The molecule has 0 aliphatic carbocycles. The summed E-state index contributed by atoms with van der Waals surface area (Å²) in [5.41, 5.74) is 7.59. The van der Waals surface area contributed by atoms with Crippen LogP contribution in [0.3, 0.4) is 0 Å². The number of hydrogen-bond acceptors (Lipinski definition) is 5. The van der Waals surface area contributed by atoms with Gasteiger partial charge >= 0.3 is 0 Å². The van der Waals surface area contributed by atoms with Gasteiger partial charge in [-0.1, -0.05) is 55.4 Å². The largest absolute Gasteiger partial charge is 0.533 e. The third-order valence-corrected chi connectivity index (χ3v) is 6.17. The molecular formula is C35H40O5Y2-4.